The maximum atomic E-state index is 13.9. The zero-order chi connectivity index (χ0) is 19.4. The predicted octanol–water partition coefficient (Wildman–Crippen LogP) is 4.71. The summed E-state index contributed by atoms with van der Waals surface area (Å²) in [6.07, 6.45) is 0. The van der Waals surface area contributed by atoms with Crippen LogP contribution in [0.25, 0.3) is 11.1 Å². The van der Waals surface area contributed by atoms with Crippen molar-refractivity contribution in [1.29, 1.82) is 0 Å². The average Bonchev–Trinajstić information content (AvgIpc) is 2.67. The van der Waals surface area contributed by atoms with E-state index >= 15 is 0 Å². The molecule has 0 saturated carbocycles. The SMILES string of the molecule is CC(CNS(=O)(=O)c1ccc(F)cc1)c1ccc(-c2ccccc2F)cc1. The van der Waals surface area contributed by atoms with Gasteiger partial charge in [0.15, 0.2) is 0 Å². The van der Waals surface area contributed by atoms with Gasteiger partial charge in [-0.25, -0.2) is 21.9 Å². The Bertz CT molecular complexity index is 1020. The van der Waals surface area contributed by atoms with Gasteiger partial charge in [-0.3, -0.25) is 0 Å². The average molecular weight is 387 g/mol. The third-order valence-electron chi connectivity index (χ3n) is 4.37. The summed E-state index contributed by atoms with van der Waals surface area (Å²) >= 11 is 0. The van der Waals surface area contributed by atoms with Gasteiger partial charge in [0.2, 0.25) is 10.0 Å². The summed E-state index contributed by atoms with van der Waals surface area (Å²) in [5.41, 5.74) is 2.21. The molecule has 0 aliphatic rings. The topological polar surface area (TPSA) is 46.2 Å². The monoisotopic (exact) mass is 387 g/mol. The first-order valence-electron chi connectivity index (χ1n) is 8.47. The summed E-state index contributed by atoms with van der Waals surface area (Å²) in [6, 6.07) is 18.6. The molecular formula is C21H19F2NO2S. The molecule has 0 fully saturated rings. The van der Waals surface area contributed by atoms with Gasteiger partial charge in [-0.1, -0.05) is 49.4 Å². The first-order valence-corrected chi connectivity index (χ1v) is 9.95. The van der Waals surface area contributed by atoms with E-state index in [9.17, 15) is 17.2 Å². The van der Waals surface area contributed by atoms with Crippen molar-refractivity contribution in [1.82, 2.24) is 4.72 Å². The van der Waals surface area contributed by atoms with Gasteiger partial charge in [0, 0.05) is 12.1 Å². The second-order valence-electron chi connectivity index (χ2n) is 6.31. The van der Waals surface area contributed by atoms with Crippen molar-refractivity contribution in [2.45, 2.75) is 17.7 Å². The molecule has 1 atom stereocenters. The van der Waals surface area contributed by atoms with E-state index in [1.807, 2.05) is 31.2 Å². The largest absolute Gasteiger partial charge is 0.240 e. The number of hydrogen-bond donors (Lipinski definition) is 1. The van der Waals surface area contributed by atoms with Crippen LogP contribution in [-0.4, -0.2) is 15.0 Å². The maximum absolute atomic E-state index is 13.9. The Morgan fingerprint density at radius 1 is 0.889 bits per heavy atom. The maximum Gasteiger partial charge on any atom is 0.240 e. The van der Waals surface area contributed by atoms with E-state index in [1.54, 1.807) is 18.2 Å². The molecule has 3 aromatic carbocycles. The Hall–Kier alpha value is -2.57. The number of nitrogens with one attached hydrogen (secondary N) is 1. The van der Waals surface area contributed by atoms with Gasteiger partial charge >= 0.3 is 0 Å². The van der Waals surface area contributed by atoms with E-state index in [0.717, 1.165) is 23.3 Å². The third kappa shape index (κ3) is 4.59. The van der Waals surface area contributed by atoms with Crippen molar-refractivity contribution in [2.24, 2.45) is 0 Å². The zero-order valence-electron chi connectivity index (χ0n) is 14.7. The molecule has 0 saturated heterocycles. The molecule has 3 rings (SSSR count). The van der Waals surface area contributed by atoms with Crippen LogP contribution in [-0.2, 0) is 10.0 Å². The van der Waals surface area contributed by atoms with Gasteiger partial charge in [0.05, 0.1) is 4.90 Å². The molecule has 0 amide bonds. The lowest BCUT2D eigenvalue weighted by Gasteiger charge is -2.14. The normalized spacial score (nSPS) is 12.7. The number of sulfonamides is 1. The minimum Gasteiger partial charge on any atom is -0.211 e. The quantitative estimate of drug-likeness (QED) is 0.666. The highest BCUT2D eigenvalue weighted by Gasteiger charge is 2.16. The van der Waals surface area contributed by atoms with Crippen LogP contribution in [0.3, 0.4) is 0 Å². The summed E-state index contributed by atoms with van der Waals surface area (Å²) in [6.45, 7) is 2.09. The fourth-order valence-corrected chi connectivity index (χ4v) is 3.87. The second-order valence-corrected chi connectivity index (χ2v) is 8.08. The van der Waals surface area contributed by atoms with Gasteiger partial charge in [-0.15, -0.1) is 0 Å². The van der Waals surface area contributed by atoms with Gasteiger partial charge < -0.3 is 0 Å². The van der Waals surface area contributed by atoms with Crippen molar-refractivity contribution in [3.05, 3.63) is 90.0 Å². The fraction of sp³-hybridized carbons (Fsp3) is 0.143. The molecule has 0 bridgehead atoms. The molecule has 27 heavy (non-hydrogen) atoms. The Morgan fingerprint density at radius 2 is 1.52 bits per heavy atom. The summed E-state index contributed by atoms with van der Waals surface area (Å²) in [5, 5.41) is 0. The third-order valence-corrected chi connectivity index (χ3v) is 5.81. The van der Waals surface area contributed by atoms with Crippen molar-refractivity contribution in [2.75, 3.05) is 6.54 Å². The van der Waals surface area contributed by atoms with Gasteiger partial charge in [0.25, 0.3) is 0 Å². The first kappa shape index (κ1) is 19.2. The van der Waals surface area contributed by atoms with E-state index in [4.69, 9.17) is 0 Å². The van der Waals surface area contributed by atoms with Crippen molar-refractivity contribution < 1.29 is 17.2 Å². The van der Waals surface area contributed by atoms with Crippen LogP contribution in [0, 0.1) is 11.6 Å². The van der Waals surface area contributed by atoms with Crippen LogP contribution in [0.1, 0.15) is 18.4 Å². The summed E-state index contributed by atoms with van der Waals surface area (Å²) in [5.74, 6) is -0.863. The zero-order valence-corrected chi connectivity index (χ0v) is 15.5. The molecule has 3 aromatic rings. The van der Waals surface area contributed by atoms with E-state index in [0.29, 0.717) is 5.56 Å². The number of hydrogen-bond acceptors (Lipinski definition) is 2. The molecule has 0 spiro atoms. The Labute approximate surface area is 157 Å². The lowest BCUT2D eigenvalue weighted by Crippen LogP contribution is -2.27. The molecule has 1 N–H and O–H groups in total. The molecule has 1 unspecified atom stereocenters. The van der Waals surface area contributed by atoms with Crippen LogP contribution < -0.4 is 4.72 Å². The van der Waals surface area contributed by atoms with E-state index in [2.05, 4.69) is 4.72 Å². The minimum absolute atomic E-state index is 0.0194. The summed E-state index contributed by atoms with van der Waals surface area (Å²) in [4.78, 5) is 0.0194. The second kappa shape index (κ2) is 7.98. The van der Waals surface area contributed by atoms with Crippen LogP contribution in [0.2, 0.25) is 0 Å². The minimum atomic E-state index is -3.70. The highest BCUT2D eigenvalue weighted by Crippen LogP contribution is 2.25. The molecule has 0 aliphatic carbocycles. The smallest absolute Gasteiger partial charge is 0.211 e. The summed E-state index contributed by atoms with van der Waals surface area (Å²) in [7, 11) is -3.70. The van der Waals surface area contributed by atoms with Crippen LogP contribution in [0.4, 0.5) is 8.78 Å². The van der Waals surface area contributed by atoms with Gasteiger partial charge in [-0.05, 0) is 47.4 Å². The molecule has 0 aliphatic heterocycles. The predicted molar refractivity (Wildman–Crippen MR) is 102 cm³/mol. The number of halogens is 2. The highest BCUT2D eigenvalue weighted by molar-refractivity contribution is 7.89. The van der Waals surface area contributed by atoms with Crippen LogP contribution >= 0.6 is 0 Å². The van der Waals surface area contributed by atoms with Gasteiger partial charge in [-0.2, -0.15) is 0 Å². The molecule has 3 nitrogen and oxygen atoms in total. The fourth-order valence-electron chi connectivity index (χ4n) is 2.74. The molecule has 140 valence electrons. The van der Waals surface area contributed by atoms with Crippen molar-refractivity contribution >= 4 is 10.0 Å². The Morgan fingerprint density at radius 3 is 2.15 bits per heavy atom. The van der Waals surface area contributed by atoms with E-state index in [1.165, 1.54) is 18.2 Å². The van der Waals surface area contributed by atoms with Crippen LogP contribution in [0.15, 0.2) is 77.7 Å². The lowest BCUT2D eigenvalue weighted by molar-refractivity contribution is 0.574. The number of benzene rings is 3. The standard InChI is InChI=1S/C21H19F2NO2S/c1-15(14-24-27(25,26)19-12-10-18(22)11-13-19)16-6-8-17(9-7-16)20-4-2-3-5-21(20)23/h2-13,15,24H,14H2,1H3. The van der Waals surface area contributed by atoms with Crippen LogP contribution in [0.5, 0.6) is 0 Å². The first-order chi connectivity index (χ1) is 12.9. The molecule has 0 heterocycles. The number of rotatable bonds is 6. The Kier molecular flexibility index (Phi) is 5.68. The molecule has 0 aromatic heterocycles. The van der Waals surface area contributed by atoms with E-state index in [-0.39, 0.29) is 23.2 Å². The molecule has 6 heteroatoms. The highest BCUT2D eigenvalue weighted by atomic mass is 32.2. The Balaban J connectivity index is 1.68. The van der Waals surface area contributed by atoms with Crippen molar-refractivity contribution in [3.63, 3.8) is 0 Å². The molecular weight excluding hydrogens is 368 g/mol. The summed E-state index contributed by atoms with van der Waals surface area (Å²) < 4.78 is 53.9. The molecule has 0 radical (unpaired) electrons. The van der Waals surface area contributed by atoms with Crippen molar-refractivity contribution in [3.8, 4) is 11.1 Å². The van der Waals surface area contributed by atoms with Gasteiger partial charge in [0.1, 0.15) is 11.6 Å². The van der Waals surface area contributed by atoms with E-state index < -0.39 is 15.8 Å². The lowest BCUT2D eigenvalue weighted by atomic mass is 9.97.